The van der Waals surface area contributed by atoms with E-state index in [1.165, 1.54) is 13.2 Å². The van der Waals surface area contributed by atoms with Crippen molar-refractivity contribution >= 4 is 29.3 Å². The lowest BCUT2D eigenvalue weighted by Crippen LogP contribution is -2.28. The molecule has 34 heavy (non-hydrogen) atoms. The number of benzene rings is 2. The molecule has 0 N–H and O–H groups in total. The molecule has 12 heteroatoms. The SMILES string of the molecule is CSc1ncc(-c2ccccc2Cl)c(C(=O)N(C)Cc2cc(C(F)(F)F)cc(C(F)(F)F)c2)n1. The number of rotatable bonds is 5. The van der Waals surface area contributed by atoms with Gasteiger partial charge in [0.2, 0.25) is 0 Å². The summed E-state index contributed by atoms with van der Waals surface area (Å²) in [6.45, 7) is -0.521. The van der Waals surface area contributed by atoms with Crippen molar-refractivity contribution < 1.29 is 31.1 Å². The molecule has 180 valence electrons. The Labute approximate surface area is 200 Å². The van der Waals surface area contributed by atoms with Gasteiger partial charge in [0.15, 0.2) is 5.16 Å². The summed E-state index contributed by atoms with van der Waals surface area (Å²) >= 11 is 7.40. The molecule has 3 aromatic rings. The lowest BCUT2D eigenvalue weighted by atomic mass is 10.0. The smallest absolute Gasteiger partial charge is 0.336 e. The van der Waals surface area contributed by atoms with E-state index in [1.54, 1.807) is 30.5 Å². The van der Waals surface area contributed by atoms with Crippen LogP contribution in [-0.2, 0) is 18.9 Å². The molecular weight excluding hydrogens is 504 g/mol. The van der Waals surface area contributed by atoms with Gasteiger partial charge in [-0.05, 0) is 36.1 Å². The molecule has 0 aliphatic carbocycles. The summed E-state index contributed by atoms with van der Waals surface area (Å²) < 4.78 is 79.1. The molecule has 0 aliphatic rings. The Morgan fingerprint density at radius 2 is 1.59 bits per heavy atom. The molecule has 0 saturated heterocycles. The molecule has 0 fully saturated rings. The highest BCUT2D eigenvalue weighted by Gasteiger charge is 2.37. The van der Waals surface area contributed by atoms with E-state index in [0.29, 0.717) is 22.7 Å². The maximum Gasteiger partial charge on any atom is 0.416 e. The van der Waals surface area contributed by atoms with Crippen LogP contribution in [0.2, 0.25) is 5.02 Å². The number of alkyl halides is 6. The Balaban J connectivity index is 2.02. The van der Waals surface area contributed by atoms with Crippen LogP contribution in [0.25, 0.3) is 11.1 Å². The van der Waals surface area contributed by atoms with Crippen LogP contribution in [0.3, 0.4) is 0 Å². The Kier molecular flexibility index (Phi) is 7.47. The third kappa shape index (κ3) is 5.82. The zero-order valence-electron chi connectivity index (χ0n) is 17.6. The molecule has 0 unspecified atom stereocenters. The second kappa shape index (κ2) is 9.83. The molecule has 1 heterocycles. The van der Waals surface area contributed by atoms with E-state index in [4.69, 9.17) is 11.6 Å². The maximum absolute atomic E-state index is 13.2. The van der Waals surface area contributed by atoms with Crippen LogP contribution >= 0.6 is 23.4 Å². The number of aromatic nitrogens is 2. The van der Waals surface area contributed by atoms with Gasteiger partial charge in [0.05, 0.1) is 11.1 Å². The molecule has 0 bridgehead atoms. The van der Waals surface area contributed by atoms with Gasteiger partial charge in [-0.2, -0.15) is 26.3 Å². The van der Waals surface area contributed by atoms with Crippen molar-refractivity contribution in [2.45, 2.75) is 24.1 Å². The number of amides is 1. The van der Waals surface area contributed by atoms with Gasteiger partial charge in [0.25, 0.3) is 5.91 Å². The molecule has 0 spiro atoms. The van der Waals surface area contributed by atoms with Gasteiger partial charge in [-0.25, -0.2) is 9.97 Å². The minimum atomic E-state index is -4.99. The van der Waals surface area contributed by atoms with E-state index in [0.717, 1.165) is 16.7 Å². The lowest BCUT2D eigenvalue weighted by Gasteiger charge is -2.21. The molecule has 0 saturated carbocycles. The average molecular weight is 520 g/mol. The molecule has 1 amide bonds. The normalized spacial score (nSPS) is 12.0. The van der Waals surface area contributed by atoms with E-state index in [9.17, 15) is 31.1 Å². The summed E-state index contributed by atoms with van der Waals surface area (Å²) in [6.07, 6.45) is -6.90. The standard InChI is InChI=1S/C22H16ClF6N3OS/c1-32(11-12-7-13(21(24,25)26)9-14(8-12)22(27,28)29)19(33)18-16(10-30-20(31-18)34-2)15-5-3-4-6-17(15)23/h3-10H,11H2,1-2H3. The fourth-order valence-corrected chi connectivity index (χ4v) is 3.72. The number of halogens is 7. The Hall–Kier alpha value is -2.79. The highest BCUT2D eigenvalue weighted by atomic mass is 35.5. The molecule has 0 atom stereocenters. The topological polar surface area (TPSA) is 46.1 Å². The van der Waals surface area contributed by atoms with E-state index in [-0.39, 0.29) is 28.0 Å². The molecule has 1 aromatic heterocycles. The largest absolute Gasteiger partial charge is 0.416 e. The quantitative estimate of drug-likeness (QED) is 0.211. The average Bonchev–Trinajstić information content (AvgIpc) is 2.77. The van der Waals surface area contributed by atoms with Crippen molar-refractivity contribution in [1.29, 1.82) is 0 Å². The second-order valence-corrected chi connectivity index (χ2v) is 8.35. The van der Waals surface area contributed by atoms with Crippen LogP contribution < -0.4 is 0 Å². The molecule has 2 aromatic carbocycles. The van der Waals surface area contributed by atoms with Crippen molar-refractivity contribution in [3.63, 3.8) is 0 Å². The summed E-state index contributed by atoms with van der Waals surface area (Å²) in [7, 11) is 1.26. The number of carbonyl (C=O) groups is 1. The minimum absolute atomic E-state index is 0.0377. The second-order valence-electron chi connectivity index (χ2n) is 7.17. The van der Waals surface area contributed by atoms with Crippen LogP contribution in [0.4, 0.5) is 26.3 Å². The van der Waals surface area contributed by atoms with Crippen molar-refractivity contribution in [3.05, 3.63) is 76.1 Å². The maximum atomic E-state index is 13.2. The molecular formula is C22H16ClF6N3OS. The highest BCUT2D eigenvalue weighted by molar-refractivity contribution is 7.98. The minimum Gasteiger partial charge on any atom is -0.336 e. The summed E-state index contributed by atoms with van der Waals surface area (Å²) in [5.74, 6) is -0.724. The van der Waals surface area contributed by atoms with Gasteiger partial charge in [-0.3, -0.25) is 4.79 Å². The van der Waals surface area contributed by atoms with Gasteiger partial charge < -0.3 is 4.90 Å². The molecule has 0 radical (unpaired) electrons. The van der Waals surface area contributed by atoms with Gasteiger partial charge in [0.1, 0.15) is 5.69 Å². The van der Waals surface area contributed by atoms with Crippen molar-refractivity contribution in [2.24, 2.45) is 0 Å². The molecule has 0 aliphatic heterocycles. The first kappa shape index (κ1) is 25.8. The van der Waals surface area contributed by atoms with E-state index >= 15 is 0 Å². The van der Waals surface area contributed by atoms with Crippen molar-refractivity contribution in [3.8, 4) is 11.1 Å². The first-order chi connectivity index (χ1) is 15.8. The van der Waals surface area contributed by atoms with E-state index in [2.05, 4.69) is 9.97 Å². The third-order valence-electron chi connectivity index (χ3n) is 4.73. The summed E-state index contributed by atoms with van der Waals surface area (Å²) in [5, 5.41) is 0.568. The number of hydrogen-bond acceptors (Lipinski definition) is 4. The van der Waals surface area contributed by atoms with Crippen molar-refractivity contribution in [2.75, 3.05) is 13.3 Å². The number of nitrogens with zero attached hydrogens (tertiary/aromatic N) is 3. The zero-order valence-corrected chi connectivity index (χ0v) is 19.2. The van der Waals surface area contributed by atoms with Gasteiger partial charge in [-0.1, -0.05) is 41.6 Å². The summed E-state index contributed by atoms with van der Waals surface area (Å²) in [4.78, 5) is 22.6. The van der Waals surface area contributed by atoms with Crippen LogP contribution in [0.5, 0.6) is 0 Å². The fourth-order valence-electron chi connectivity index (χ4n) is 3.14. The summed E-state index contributed by atoms with van der Waals surface area (Å²) in [6, 6.07) is 7.81. The van der Waals surface area contributed by atoms with Crippen LogP contribution in [0, 0.1) is 0 Å². The van der Waals surface area contributed by atoms with E-state index in [1.807, 2.05) is 0 Å². The monoisotopic (exact) mass is 519 g/mol. The van der Waals surface area contributed by atoms with Crippen LogP contribution in [0.1, 0.15) is 27.2 Å². The number of hydrogen-bond donors (Lipinski definition) is 0. The fraction of sp³-hybridized carbons (Fsp3) is 0.227. The molecule has 3 rings (SSSR count). The number of thioether (sulfide) groups is 1. The van der Waals surface area contributed by atoms with Crippen LogP contribution in [0.15, 0.2) is 53.8 Å². The summed E-state index contributed by atoms with van der Waals surface area (Å²) in [5.41, 5.74) is -2.61. The highest BCUT2D eigenvalue weighted by Crippen LogP contribution is 2.37. The zero-order chi connectivity index (χ0) is 25.3. The Bertz CT molecular complexity index is 1180. The predicted molar refractivity (Wildman–Crippen MR) is 117 cm³/mol. The van der Waals surface area contributed by atoms with E-state index < -0.39 is 35.9 Å². The molecule has 4 nitrogen and oxygen atoms in total. The number of carbonyl (C=O) groups excluding carboxylic acids is 1. The Morgan fingerprint density at radius 3 is 2.12 bits per heavy atom. The first-order valence-electron chi connectivity index (χ1n) is 9.51. The van der Waals surface area contributed by atoms with Gasteiger partial charge >= 0.3 is 12.4 Å². The van der Waals surface area contributed by atoms with Crippen molar-refractivity contribution in [1.82, 2.24) is 14.9 Å². The lowest BCUT2D eigenvalue weighted by molar-refractivity contribution is -0.143. The third-order valence-corrected chi connectivity index (χ3v) is 5.62. The van der Waals surface area contributed by atoms with Crippen LogP contribution in [-0.4, -0.2) is 34.1 Å². The van der Waals surface area contributed by atoms with Gasteiger partial charge in [0, 0.05) is 35.9 Å². The first-order valence-corrected chi connectivity index (χ1v) is 11.1. The van der Waals surface area contributed by atoms with Gasteiger partial charge in [-0.15, -0.1) is 0 Å². The predicted octanol–water partition coefficient (Wildman–Crippen LogP) is 6.83. The Morgan fingerprint density at radius 1 is 1.00 bits per heavy atom.